The number of hydrogen-bond acceptors (Lipinski definition) is 1. The number of aryl methyl sites for hydroxylation is 1. The summed E-state index contributed by atoms with van der Waals surface area (Å²) in [6.45, 7) is 0. The summed E-state index contributed by atoms with van der Waals surface area (Å²) in [5.74, 6) is 0. The molecule has 0 radical (unpaired) electrons. The normalized spacial score (nSPS) is 19.3. The van der Waals surface area contributed by atoms with E-state index in [1.807, 2.05) is 13.2 Å². The fourth-order valence-electron chi connectivity index (χ4n) is 3.12. The number of hydrogen-bond donors (Lipinski definition) is 1. The lowest BCUT2D eigenvalue weighted by molar-refractivity contribution is 0.302. The van der Waals surface area contributed by atoms with Gasteiger partial charge in [0.2, 0.25) is 0 Å². The van der Waals surface area contributed by atoms with Gasteiger partial charge in [-0.15, -0.1) is 0 Å². The minimum atomic E-state index is -0.136. The summed E-state index contributed by atoms with van der Waals surface area (Å²) >= 11 is 6.20. The van der Waals surface area contributed by atoms with Gasteiger partial charge in [-0.1, -0.05) is 43.0 Å². The van der Waals surface area contributed by atoms with E-state index in [-0.39, 0.29) is 5.54 Å². The number of nitrogens with zero attached hydrogens (tertiary/aromatic N) is 1. The highest BCUT2D eigenvalue weighted by Crippen LogP contribution is 2.37. The largest absolute Gasteiger partial charge is 0.349 e. The Labute approximate surface area is 113 Å². The zero-order valence-corrected chi connectivity index (χ0v) is 11.5. The van der Waals surface area contributed by atoms with Gasteiger partial charge < -0.3 is 10.3 Å². The van der Waals surface area contributed by atoms with Gasteiger partial charge in [0.1, 0.15) is 0 Å². The fourth-order valence-corrected chi connectivity index (χ4v) is 3.42. The van der Waals surface area contributed by atoms with Gasteiger partial charge in [0, 0.05) is 29.7 Å². The Balaban J connectivity index is 2.10. The smallest absolute Gasteiger partial charge is 0.0661 e. The molecule has 1 aromatic carbocycles. The van der Waals surface area contributed by atoms with Gasteiger partial charge in [0.05, 0.1) is 5.02 Å². The molecule has 1 saturated carbocycles. The maximum absolute atomic E-state index is 6.59. The van der Waals surface area contributed by atoms with Gasteiger partial charge in [-0.2, -0.15) is 0 Å². The molecule has 0 bridgehead atoms. The topological polar surface area (TPSA) is 30.9 Å². The zero-order valence-electron chi connectivity index (χ0n) is 10.7. The zero-order chi connectivity index (χ0) is 12.8. The molecule has 1 aliphatic carbocycles. The molecule has 2 nitrogen and oxygen atoms in total. The molecule has 0 unspecified atom stereocenters. The Morgan fingerprint density at radius 3 is 2.67 bits per heavy atom. The van der Waals surface area contributed by atoms with Crippen LogP contribution in [-0.2, 0) is 12.6 Å². The molecule has 3 rings (SSSR count). The summed E-state index contributed by atoms with van der Waals surface area (Å²) in [6, 6.07) is 6.47. The van der Waals surface area contributed by atoms with Crippen LogP contribution in [0.2, 0.25) is 5.02 Å². The molecule has 0 saturated heterocycles. The number of nitrogens with two attached hydrogens (primary N) is 1. The predicted molar refractivity (Wildman–Crippen MR) is 76.9 cm³/mol. The quantitative estimate of drug-likeness (QED) is 0.829. The Bertz CT molecular complexity index is 579. The molecular weight excluding hydrogens is 244 g/mol. The van der Waals surface area contributed by atoms with Crippen LogP contribution in [0.5, 0.6) is 0 Å². The van der Waals surface area contributed by atoms with Crippen molar-refractivity contribution >= 4 is 22.5 Å². The molecule has 0 spiro atoms. The van der Waals surface area contributed by atoms with E-state index in [2.05, 4.69) is 22.8 Å². The van der Waals surface area contributed by atoms with Crippen molar-refractivity contribution in [3.8, 4) is 0 Å². The minimum absolute atomic E-state index is 0.136. The van der Waals surface area contributed by atoms with Crippen LogP contribution in [0.4, 0.5) is 0 Å². The Kier molecular flexibility index (Phi) is 2.87. The van der Waals surface area contributed by atoms with Crippen molar-refractivity contribution in [1.82, 2.24) is 4.57 Å². The van der Waals surface area contributed by atoms with E-state index < -0.39 is 0 Å². The van der Waals surface area contributed by atoms with Gasteiger partial charge >= 0.3 is 0 Å². The Hall–Kier alpha value is -0.990. The highest BCUT2D eigenvalue weighted by Gasteiger charge is 2.29. The minimum Gasteiger partial charge on any atom is -0.349 e. The average Bonchev–Trinajstić information content (AvgIpc) is 2.66. The molecule has 1 aromatic heterocycles. The van der Waals surface area contributed by atoms with Crippen LogP contribution >= 0.6 is 11.6 Å². The van der Waals surface area contributed by atoms with Crippen molar-refractivity contribution in [2.75, 3.05) is 0 Å². The van der Waals surface area contributed by atoms with Crippen LogP contribution in [0.15, 0.2) is 24.4 Å². The van der Waals surface area contributed by atoms with Crippen LogP contribution in [0.1, 0.15) is 37.7 Å². The summed E-state index contributed by atoms with van der Waals surface area (Å²) in [4.78, 5) is 0. The van der Waals surface area contributed by atoms with Gasteiger partial charge in [0.15, 0.2) is 0 Å². The van der Waals surface area contributed by atoms with Crippen LogP contribution in [-0.4, -0.2) is 4.57 Å². The third kappa shape index (κ3) is 1.84. The van der Waals surface area contributed by atoms with Crippen LogP contribution in [0.25, 0.3) is 10.9 Å². The first-order valence-corrected chi connectivity index (χ1v) is 7.02. The first-order chi connectivity index (χ1) is 8.60. The van der Waals surface area contributed by atoms with E-state index in [1.165, 1.54) is 30.3 Å². The molecule has 3 heteroatoms. The summed E-state index contributed by atoms with van der Waals surface area (Å²) in [5.41, 5.74) is 8.88. The molecule has 2 aromatic rings. The monoisotopic (exact) mass is 262 g/mol. The second kappa shape index (κ2) is 4.29. The van der Waals surface area contributed by atoms with Gasteiger partial charge in [-0.05, 0) is 24.5 Å². The van der Waals surface area contributed by atoms with Gasteiger partial charge in [-0.25, -0.2) is 0 Å². The predicted octanol–water partition coefficient (Wildman–Crippen LogP) is 3.95. The molecule has 1 aliphatic rings. The lowest BCUT2D eigenvalue weighted by Gasteiger charge is -2.34. The molecule has 2 N–H and O–H groups in total. The van der Waals surface area contributed by atoms with Crippen molar-refractivity contribution in [3.05, 3.63) is 35.0 Å². The first kappa shape index (κ1) is 12.1. The number of fused-ring (bicyclic) bond motifs is 1. The third-order valence-electron chi connectivity index (χ3n) is 4.26. The van der Waals surface area contributed by atoms with Gasteiger partial charge in [-0.3, -0.25) is 0 Å². The second-order valence-electron chi connectivity index (χ2n) is 5.54. The second-order valence-corrected chi connectivity index (χ2v) is 5.94. The van der Waals surface area contributed by atoms with Crippen LogP contribution in [0.3, 0.4) is 0 Å². The fraction of sp³-hybridized carbons (Fsp3) is 0.467. The molecule has 1 fully saturated rings. The maximum Gasteiger partial charge on any atom is 0.0661 e. The molecule has 0 amide bonds. The van der Waals surface area contributed by atoms with Crippen molar-refractivity contribution < 1.29 is 0 Å². The third-order valence-corrected chi connectivity index (χ3v) is 4.56. The van der Waals surface area contributed by atoms with E-state index in [0.29, 0.717) is 0 Å². The SMILES string of the molecule is Cn1cc(Cl)c2ccc(C3(N)CCCCC3)cc21. The average molecular weight is 263 g/mol. The number of benzene rings is 1. The Morgan fingerprint density at radius 1 is 1.22 bits per heavy atom. The first-order valence-electron chi connectivity index (χ1n) is 6.64. The molecule has 18 heavy (non-hydrogen) atoms. The van der Waals surface area contributed by atoms with Crippen molar-refractivity contribution in [1.29, 1.82) is 0 Å². The Morgan fingerprint density at radius 2 is 1.94 bits per heavy atom. The summed E-state index contributed by atoms with van der Waals surface area (Å²) in [7, 11) is 2.03. The lowest BCUT2D eigenvalue weighted by atomic mass is 9.77. The maximum atomic E-state index is 6.59. The van der Waals surface area contributed by atoms with E-state index in [4.69, 9.17) is 17.3 Å². The van der Waals surface area contributed by atoms with Gasteiger partial charge in [0.25, 0.3) is 0 Å². The lowest BCUT2D eigenvalue weighted by Crippen LogP contribution is -2.38. The standard InChI is InChI=1S/C15H19ClN2/c1-18-10-13(16)12-6-5-11(9-14(12)18)15(17)7-3-2-4-8-15/h5-6,9-10H,2-4,7-8,17H2,1H3. The summed E-state index contributed by atoms with van der Waals surface area (Å²) < 4.78 is 2.08. The molecule has 0 atom stereocenters. The highest BCUT2D eigenvalue weighted by atomic mass is 35.5. The van der Waals surface area contributed by atoms with E-state index >= 15 is 0 Å². The molecular formula is C15H19ClN2. The molecule has 1 heterocycles. The van der Waals surface area contributed by atoms with Crippen LogP contribution < -0.4 is 5.73 Å². The van der Waals surface area contributed by atoms with Crippen molar-refractivity contribution in [2.24, 2.45) is 12.8 Å². The van der Waals surface area contributed by atoms with E-state index in [0.717, 1.165) is 23.3 Å². The van der Waals surface area contributed by atoms with Crippen LogP contribution in [0, 0.1) is 0 Å². The highest BCUT2D eigenvalue weighted by molar-refractivity contribution is 6.35. The van der Waals surface area contributed by atoms with E-state index in [9.17, 15) is 0 Å². The van der Waals surface area contributed by atoms with Crippen molar-refractivity contribution in [3.63, 3.8) is 0 Å². The number of halogens is 1. The molecule has 96 valence electrons. The number of rotatable bonds is 1. The summed E-state index contributed by atoms with van der Waals surface area (Å²) in [5, 5.41) is 1.93. The van der Waals surface area contributed by atoms with E-state index in [1.54, 1.807) is 0 Å². The number of aromatic nitrogens is 1. The van der Waals surface area contributed by atoms with Crippen molar-refractivity contribution in [2.45, 2.75) is 37.6 Å². The summed E-state index contributed by atoms with van der Waals surface area (Å²) in [6.07, 6.45) is 7.94. The molecule has 0 aliphatic heterocycles.